The molecule has 2 N–H and O–H groups in total. The van der Waals surface area contributed by atoms with Gasteiger partial charge >= 0.3 is 17.9 Å². The van der Waals surface area contributed by atoms with Crippen molar-refractivity contribution in [3.63, 3.8) is 0 Å². The molecule has 0 unspecified atom stereocenters. The summed E-state index contributed by atoms with van der Waals surface area (Å²) < 4.78 is 35.5. The summed E-state index contributed by atoms with van der Waals surface area (Å²) in [5.41, 5.74) is 4.28. The lowest BCUT2D eigenvalue weighted by molar-refractivity contribution is -0.153. The zero-order valence-electron chi connectivity index (χ0n) is 32.4. The molecule has 5 heterocycles. The molecular formula is C41H56N2O10. The molecule has 6 atom stereocenters. The third-order valence-electron chi connectivity index (χ3n) is 10.3. The van der Waals surface area contributed by atoms with Crippen LogP contribution in [0, 0.1) is 17.3 Å². The van der Waals surface area contributed by atoms with Crippen molar-refractivity contribution >= 4 is 23.8 Å². The first-order valence-electron chi connectivity index (χ1n) is 18.7. The van der Waals surface area contributed by atoms with Gasteiger partial charge in [-0.05, 0) is 93.2 Å². The molecule has 0 aliphatic carbocycles. The maximum Gasteiger partial charge on any atom is 0.334 e. The third kappa shape index (κ3) is 9.39. The molecule has 12 heteroatoms. The molecule has 2 saturated heterocycles. The predicted molar refractivity (Wildman–Crippen MR) is 198 cm³/mol. The van der Waals surface area contributed by atoms with Crippen LogP contribution in [0.2, 0.25) is 0 Å². The topological polar surface area (TPSA) is 155 Å². The number of rotatable bonds is 10. The minimum Gasteiger partial charge on any atom is -0.467 e. The lowest BCUT2D eigenvalue weighted by atomic mass is 9.83. The Kier molecular flexibility index (Phi) is 13.2. The number of aliphatic imine (C=N–C) groups is 1. The van der Waals surface area contributed by atoms with E-state index in [4.69, 9.17) is 33.4 Å². The highest BCUT2D eigenvalue weighted by Gasteiger charge is 2.57. The second-order valence-electron chi connectivity index (χ2n) is 15.7. The van der Waals surface area contributed by atoms with Crippen LogP contribution in [0.3, 0.4) is 0 Å². The van der Waals surface area contributed by atoms with E-state index in [9.17, 15) is 19.5 Å². The van der Waals surface area contributed by atoms with Crippen LogP contribution in [-0.4, -0.2) is 97.9 Å². The van der Waals surface area contributed by atoms with Crippen LogP contribution in [0.4, 0.5) is 0 Å². The van der Waals surface area contributed by atoms with Gasteiger partial charge in [0.1, 0.15) is 23.8 Å². The molecule has 4 aliphatic heterocycles. The van der Waals surface area contributed by atoms with E-state index in [-0.39, 0.29) is 30.6 Å². The Morgan fingerprint density at radius 1 is 1.13 bits per heavy atom. The SMILES string of the molecule is COCCC/C(C)=C1\CO[C@@H](CC(C)C)\C1=C/[C@H]1N=C2O[C@@H]1COC(=O)/C(CC(C)C)=C\C(=O)O[C@H]1[C@H](OC(=O)[C@@]1(C)CO)/C(C)=C\Cc1ccc2[nH]1. The average Bonchev–Trinajstić information content (AvgIpc) is 3.89. The van der Waals surface area contributed by atoms with Gasteiger partial charge in [-0.15, -0.1) is 0 Å². The molecule has 0 amide bonds. The Morgan fingerprint density at radius 3 is 2.60 bits per heavy atom. The second-order valence-corrected chi connectivity index (χ2v) is 15.7. The number of methoxy groups -OCH3 is 1. The molecule has 2 fully saturated rings. The highest BCUT2D eigenvalue weighted by Crippen LogP contribution is 2.40. The summed E-state index contributed by atoms with van der Waals surface area (Å²) in [5, 5.41) is 10.2. The molecule has 4 bridgehead atoms. The quantitative estimate of drug-likeness (QED) is 0.136. The van der Waals surface area contributed by atoms with Gasteiger partial charge in [0.05, 0.1) is 19.3 Å². The average molecular weight is 737 g/mol. The summed E-state index contributed by atoms with van der Waals surface area (Å²) in [6, 6.07) is 3.32. The number of nitrogens with zero attached hydrogens (tertiary/aromatic N) is 1. The standard InChI is InChI=1S/C41H56N2O10/c1-23(2)16-27-18-35(45)52-37-36(53-40(47)41(37,7)22-44)26(6)11-12-28-13-14-31(42-28)38-43-32(34(51-38)21-50-39(27)46)19-29-30(25(5)10-9-15-48-8)20-49-33(29)17-24(3)4/h11,13-14,18-19,23-24,32-34,36-37,42,44H,9-10,12,15-17,20-22H2,1-8H3/b26-11-,27-18-,29-19-,30-25+/t32-,33+,34-,36-,37+,41+/m1/s1. The number of cyclic esters (lactones) is 1. The van der Waals surface area contributed by atoms with E-state index in [2.05, 4.69) is 31.8 Å². The number of ether oxygens (including phenoxy) is 6. The van der Waals surface area contributed by atoms with Crippen molar-refractivity contribution < 1.29 is 47.9 Å². The minimum atomic E-state index is -1.49. The van der Waals surface area contributed by atoms with Gasteiger partial charge in [-0.1, -0.05) is 39.3 Å². The normalized spacial score (nSPS) is 31.8. The fourth-order valence-electron chi connectivity index (χ4n) is 7.15. The molecule has 5 rings (SSSR count). The highest BCUT2D eigenvalue weighted by molar-refractivity contribution is 5.97. The Labute approximate surface area is 312 Å². The van der Waals surface area contributed by atoms with E-state index in [0.717, 1.165) is 42.2 Å². The number of esters is 3. The number of hydrogen-bond donors (Lipinski definition) is 2. The van der Waals surface area contributed by atoms with Crippen molar-refractivity contribution in [2.75, 3.05) is 33.5 Å². The van der Waals surface area contributed by atoms with E-state index >= 15 is 0 Å². The number of carbonyl (C=O) groups excluding carboxylic acids is 3. The van der Waals surface area contributed by atoms with Crippen LogP contribution in [0.15, 0.2) is 63.2 Å². The molecule has 1 aromatic heterocycles. The Bertz CT molecular complexity index is 1680. The monoisotopic (exact) mass is 736 g/mol. The van der Waals surface area contributed by atoms with E-state index in [1.54, 1.807) is 14.0 Å². The molecular weight excluding hydrogens is 680 g/mol. The molecule has 1 aromatic rings. The van der Waals surface area contributed by atoms with E-state index in [1.165, 1.54) is 12.5 Å². The fourth-order valence-corrected chi connectivity index (χ4v) is 7.15. The number of hydrogen-bond acceptors (Lipinski definition) is 11. The van der Waals surface area contributed by atoms with Crippen LogP contribution in [-0.2, 0) is 49.2 Å². The Morgan fingerprint density at radius 2 is 1.91 bits per heavy atom. The zero-order valence-corrected chi connectivity index (χ0v) is 32.4. The number of aromatic amines is 1. The number of nitrogens with one attached hydrogen (secondary N) is 1. The second kappa shape index (κ2) is 17.4. The minimum absolute atomic E-state index is 0.00583. The van der Waals surface area contributed by atoms with Gasteiger partial charge in [0, 0.05) is 37.5 Å². The van der Waals surface area contributed by atoms with Crippen molar-refractivity contribution in [2.45, 2.75) is 111 Å². The van der Waals surface area contributed by atoms with E-state index in [1.807, 2.05) is 32.1 Å². The van der Waals surface area contributed by atoms with E-state index < -0.39 is 54.3 Å². The largest absolute Gasteiger partial charge is 0.467 e. The molecule has 4 aliphatic rings. The van der Waals surface area contributed by atoms with Gasteiger partial charge in [0.2, 0.25) is 5.90 Å². The van der Waals surface area contributed by atoms with Crippen molar-refractivity contribution in [3.8, 4) is 0 Å². The molecule has 0 radical (unpaired) electrons. The van der Waals surface area contributed by atoms with Crippen LogP contribution < -0.4 is 0 Å². The van der Waals surface area contributed by atoms with Gasteiger partial charge in [-0.2, -0.15) is 0 Å². The van der Waals surface area contributed by atoms with Crippen molar-refractivity contribution in [2.24, 2.45) is 22.2 Å². The third-order valence-corrected chi connectivity index (χ3v) is 10.3. The summed E-state index contributed by atoms with van der Waals surface area (Å²) in [6.07, 6.45) is 5.63. The lowest BCUT2D eigenvalue weighted by Gasteiger charge is -2.27. The molecule has 0 saturated carbocycles. The summed E-state index contributed by atoms with van der Waals surface area (Å²) >= 11 is 0. The first-order chi connectivity index (χ1) is 25.2. The van der Waals surface area contributed by atoms with Gasteiger partial charge in [-0.3, -0.25) is 4.79 Å². The van der Waals surface area contributed by atoms with Gasteiger partial charge in [-0.25, -0.2) is 14.6 Å². The fraction of sp³-hybridized carbons (Fsp3) is 0.610. The van der Waals surface area contributed by atoms with Crippen LogP contribution in [0.1, 0.15) is 85.5 Å². The number of H-pyrrole nitrogens is 1. The molecule has 0 spiro atoms. The summed E-state index contributed by atoms with van der Waals surface area (Å²) in [4.78, 5) is 48.5. The Hall–Kier alpha value is -4.00. The highest BCUT2D eigenvalue weighted by atomic mass is 16.6. The smallest absolute Gasteiger partial charge is 0.334 e. The van der Waals surface area contributed by atoms with Crippen molar-refractivity contribution in [1.29, 1.82) is 0 Å². The van der Waals surface area contributed by atoms with Crippen molar-refractivity contribution in [3.05, 3.63) is 69.6 Å². The van der Waals surface area contributed by atoms with Gasteiger partial charge in [0.15, 0.2) is 18.3 Å². The molecule has 0 aromatic carbocycles. The predicted octanol–water partition coefficient (Wildman–Crippen LogP) is 5.50. The van der Waals surface area contributed by atoms with Gasteiger partial charge < -0.3 is 38.5 Å². The van der Waals surface area contributed by atoms with E-state index in [0.29, 0.717) is 42.7 Å². The number of fused-ring (bicyclic) bond motifs is 6. The first kappa shape index (κ1) is 40.2. The summed E-state index contributed by atoms with van der Waals surface area (Å²) in [6.45, 7) is 14.1. The van der Waals surface area contributed by atoms with Gasteiger partial charge in [0.25, 0.3) is 0 Å². The summed E-state index contributed by atoms with van der Waals surface area (Å²) in [5.74, 6) is -1.39. The number of allylic oxidation sites excluding steroid dienone is 2. The van der Waals surface area contributed by atoms with Crippen LogP contribution in [0.5, 0.6) is 0 Å². The number of aliphatic hydroxyl groups is 1. The summed E-state index contributed by atoms with van der Waals surface area (Å²) in [7, 11) is 1.71. The Balaban J connectivity index is 1.54. The lowest BCUT2D eigenvalue weighted by Crippen LogP contribution is -2.43. The number of carbonyl (C=O) groups is 3. The van der Waals surface area contributed by atoms with Crippen molar-refractivity contribution in [1.82, 2.24) is 4.98 Å². The van der Waals surface area contributed by atoms with Crippen LogP contribution >= 0.6 is 0 Å². The maximum absolute atomic E-state index is 13.7. The van der Waals surface area contributed by atoms with Crippen LogP contribution in [0.25, 0.3) is 0 Å². The number of aromatic nitrogens is 1. The zero-order chi connectivity index (χ0) is 38.4. The molecule has 53 heavy (non-hydrogen) atoms. The molecule has 290 valence electrons. The number of aliphatic hydroxyl groups excluding tert-OH is 1. The maximum atomic E-state index is 13.7. The molecule has 12 nitrogen and oxygen atoms in total. The first-order valence-corrected chi connectivity index (χ1v) is 18.7.